The molecule has 30 heavy (non-hydrogen) atoms. The lowest BCUT2D eigenvalue weighted by Gasteiger charge is -2.18. The van der Waals surface area contributed by atoms with Crippen molar-refractivity contribution in [3.05, 3.63) is 48.0 Å². The summed E-state index contributed by atoms with van der Waals surface area (Å²) in [7, 11) is 4.46. The molecule has 1 aliphatic heterocycles. The number of anilines is 1. The smallest absolute Gasteiger partial charge is 0.251 e. The van der Waals surface area contributed by atoms with E-state index in [1.165, 1.54) is 21.3 Å². The summed E-state index contributed by atoms with van der Waals surface area (Å²) in [6, 6.07) is 13.2. The fourth-order valence-corrected chi connectivity index (χ4v) is 3.46. The maximum Gasteiger partial charge on any atom is 0.251 e. The summed E-state index contributed by atoms with van der Waals surface area (Å²) >= 11 is 0. The molecular formula is C22H27N3O5. The van der Waals surface area contributed by atoms with E-state index in [4.69, 9.17) is 14.2 Å². The lowest BCUT2D eigenvalue weighted by Crippen LogP contribution is -2.40. The van der Waals surface area contributed by atoms with Crippen LogP contribution in [0.15, 0.2) is 42.5 Å². The van der Waals surface area contributed by atoms with Gasteiger partial charge in [-0.3, -0.25) is 9.59 Å². The Bertz CT molecular complexity index is 863. The van der Waals surface area contributed by atoms with Crippen LogP contribution in [0.25, 0.3) is 0 Å². The van der Waals surface area contributed by atoms with Gasteiger partial charge in [0.25, 0.3) is 5.91 Å². The fraction of sp³-hybridized carbons (Fsp3) is 0.364. The Morgan fingerprint density at radius 2 is 1.70 bits per heavy atom. The Morgan fingerprint density at radius 1 is 1.03 bits per heavy atom. The quantitative estimate of drug-likeness (QED) is 0.690. The van der Waals surface area contributed by atoms with Gasteiger partial charge in [0.1, 0.15) is 0 Å². The molecule has 0 saturated carbocycles. The molecule has 3 rings (SSSR count). The van der Waals surface area contributed by atoms with Crippen molar-refractivity contribution in [2.45, 2.75) is 12.5 Å². The number of methoxy groups -OCH3 is 3. The molecule has 8 heteroatoms. The Hall–Kier alpha value is -3.42. The number of carbonyl (C=O) groups excluding carboxylic acids is 2. The van der Waals surface area contributed by atoms with Gasteiger partial charge in [-0.15, -0.1) is 0 Å². The van der Waals surface area contributed by atoms with Gasteiger partial charge in [0.15, 0.2) is 11.5 Å². The van der Waals surface area contributed by atoms with E-state index >= 15 is 0 Å². The molecule has 2 aromatic rings. The predicted molar refractivity (Wildman–Crippen MR) is 113 cm³/mol. The van der Waals surface area contributed by atoms with Gasteiger partial charge in [-0.25, -0.2) is 0 Å². The van der Waals surface area contributed by atoms with Gasteiger partial charge in [-0.1, -0.05) is 18.2 Å². The van der Waals surface area contributed by atoms with Crippen LogP contribution in [-0.2, 0) is 4.79 Å². The second-order valence-electron chi connectivity index (χ2n) is 6.93. The molecule has 0 aliphatic carbocycles. The highest BCUT2D eigenvalue weighted by Gasteiger charge is 2.26. The molecule has 1 aliphatic rings. The first-order chi connectivity index (χ1) is 14.5. The van der Waals surface area contributed by atoms with Crippen LogP contribution in [0.4, 0.5) is 5.69 Å². The minimum atomic E-state index is -0.388. The minimum Gasteiger partial charge on any atom is -0.493 e. The maximum atomic E-state index is 12.6. The Morgan fingerprint density at radius 3 is 2.30 bits per heavy atom. The second kappa shape index (κ2) is 9.87. The number of nitrogens with zero attached hydrogens (tertiary/aromatic N) is 1. The van der Waals surface area contributed by atoms with E-state index in [2.05, 4.69) is 10.6 Å². The molecule has 1 fully saturated rings. The SMILES string of the molecule is COc1cc(C(=O)NCC(=O)N2CCC(Nc3ccccc3)C2)cc(OC)c1OC. The molecule has 0 bridgehead atoms. The zero-order valence-electron chi connectivity index (χ0n) is 17.4. The van der Waals surface area contributed by atoms with Crippen LogP contribution in [0, 0.1) is 0 Å². The van der Waals surface area contributed by atoms with Crippen molar-refractivity contribution in [3.8, 4) is 17.2 Å². The minimum absolute atomic E-state index is 0.0758. The standard InChI is InChI=1S/C22H27N3O5/c1-28-18-11-15(12-19(29-2)21(18)30-3)22(27)23-13-20(26)25-10-9-17(14-25)24-16-7-5-4-6-8-16/h4-8,11-12,17,24H,9-10,13-14H2,1-3H3,(H,23,27). The third-order valence-electron chi connectivity index (χ3n) is 5.01. The molecule has 0 spiro atoms. The van der Waals surface area contributed by atoms with Crippen LogP contribution in [0.5, 0.6) is 17.2 Å². The van der Waals surface area contributed by atoms with Crippen LogP contribution >= 0.6 is 0 Å². The Kier molecular flexibility index (Phi) is 7.00. The van der Waals surface area contributed by atoms with Crippen molar-refractivity contribution in [3.63, 3.8) is 0 Å². The van der Waals surface area contributed by atoms with Crippen molar-refractivity contribution in [2.24, 2.45) is 0 Å². The summed E-state index contributed by atoms with van der Waals surface area (Å²) in [4.78, 5) is 26.9. The van der Waals surface area contributed by atoms with Crippen LogP contribution in [-0.4, -0.2) is 63.7 Å². The third-order valence-corrected chi connectivity index (χ3v) is 5.01. The van der Waals surface area contributed by atoms with Gasteiger partial charge in [0.2, 0.25) is 11.7 Å². The van der Waals surface area contributed by atoms with E-state index in [0.717, 1.165) is 12.1 Å². The van der Waals surface area contributed by atoms with E-state index in [1.54, 1.807) is 17.0 Å². The normalized spacial score (nSPS) is 15.4. The number of rotatable bonds is 8. The number of para-hydroxylation sites is 1. The molecule has 2 aromatic carbocycles. The summed E-state index contributed by atoms with van der Waals surface area (Å²) in [5, 5.41) is 6.11. The topological polar surface area (TPSA) is 89.1 Å². The highest BCUT2D eigenvalue weighted by Crippen LogP contribution is 2.38. The lowest BCUT2D eigenvalue weighted by atomic mass is 10.1. The van der Waals surface area contributed by atoms with Crippen molar-refractivity contribution >= 4 is 17.5 Å². The number of hydrogen-bond acceptors (Lipinski definition) is 6. The zero-order chi connectivity index (χ0) is 21.5. The number of nitrogens with one attached hydrogen (secondary N) is 2. The van der Waals surface area contributed by atoms with E-state index < -0.39 is 0 Å². The molecule has 1 saturated heterocycles. The van der Waals surface area contributed by atoms with E-state index in [0.29, 0.717) is 35.9 Å². The largest absolute Gasteiger partial charge is 0.493 e. The number of benzene rings is 2. The van der Waals surface area contributed by atoms with E-state index in [-0.39, 0.29) is 24.4 Å². The summed E-state index contributed by atoms with van der Waals surface area (Å²) in [6.45, 7) is 1.19. The molecule has 1 unspecified atom stereocenters. The number of ether oxygens (including phenoxy) is 3. The molecule has 1 atom stereocenters. The number of carbonyl (C=O) groups is 2. The summed E-state index contributed by atoms with van der Waals surface area (Å²) < 4.78 is 15.8. The van der Waals surface area contributed by atoms with Gasteiger partial charge < -0.3 is 29.7 Å². The number of hydrogen-bond donors (Lipinski definition) is 2. The van der Waals surface area contributed by atoms with Gasteiger partial charge in [0.05, 0.1) is 27.9 Å². The molecule has 160 valence electrons. The fourth-order valence-electron chi connectivity index (χ4n) is 3.46. The number of likely N-dealkylation sites (tertiary alicyclic amines) is 1. The van der Waals surface area contributed by atoms with Crippen molar-refractivity contribution in [2.75, 3.05) is 46.3 Å². The summed E-state index contributed by atoms with van der Waals surface area (Å²) in [5.74, 6) is 0.654. The second-order valence-corrected chi connectivity index (χ2v) is 6.93. The van der Waals surface area contributed by atoms with Gasteiger partial charge in [-0.2, -0.15) is 0 Å². The van der Waals surface area contributed by atoms with Gasteiger partial charge >= 0.3 is 0 Å². The van der Waals surface area contributed by atoms with Crippen LogP contribution in [0.1, 0.15) is 16.8 Å². The molecule has 1 heterocycles. The van der Waals surface area contributed by atoms with Crippen molar-refractivity contribution in [1.29, 1.82) is 0 Å². The monoisotopic (exact) mass is 413 g/mol. The first-order valence-electron chi connectivity index (χ1n) is 9.73. The maximum absolute atomic E-state index is 12.6. The Balaban J connectivity index is 1.55. The first kappa shape index (κ1) is 21.3. The van der Waals surface area contributed by atoms with Crippen LogP contribution in [0.3, 0.4) is 0 Å². The Labute approximate surface area is 176 Å². The van der Waals surface area contributed by atoms with Crippen LogP contribution in [0.2, 0.25) is 0 Å². The van der Waals surface area contributed by atoms with Gasteiger partial charge in [-0.05, 0) is 30.7 Å². The molecule has 2 amide bonds. The number of amides is 2. The predicted octanol–water partition coefficient (Wildman–Crippen LogP) is 2.16. The van der Waals surface area contributed by atoms with Crippen molar-refractivity contribution in [1.82, 2.24) is 10.2 Å². The van der Waals surface area contributed by atoms with E-state index in [1.807, 2.05) is 30.3 Å². The summed E-state index contributed by atoms with van der Waals surface area (Å²) in [6.07, 6.45) is 0.863. The molecule has 0 radical (unpaired) electrons. The van der Waals surface area contributed by atoms with E-state index in [9.17, 15) is 9.59 Å². The average molecular weight is 413 g/mol. The highest BCUT2D eigenvalue weighted by atomic mass is 16.5. The van der Waals surface area contributed by atoms with Gasteiger partial charge in [0, 0.05) is 30.4 Å². The molecular weight excluding hydrogens is 386 g/mol. The van der Waals surface area contributed by atoms with Crippen molar-refractivity contribution < 1.29 is 23.8 Å². The first-order valence-corrected chi connectivity index (χ1v) is 9.73. The third kappa shape index (κ3) is 4.94. The average Bonchev–Trinajstić information content (AvgIpc) is 3.25. The lowest BCUT2D eigenvalue weighted by molar-refractivity contribution is -0.129. The summed E-state index contributed by atoms with van der Waals surface area (Å²) in [5.41, 5.74) is 1.36. The van der Waals surface area contributed by atoms with Crippen LogP contribution < -0.4 is 24.8 Å². The zero-order valence-corrected chi connectivity index (χ0v) is 17.4. The highest BCUT2D eigenvalue weighted by molar-refractivity contribution is 5.97. The molecule has 0 aromatic heterocycles. The molecule has 2 N–H and O–H groups in total. The molecule has 8 nitrogen and oxygen atoms in total.